The maximum absolute atomic E-state index is 12.6. The minimum Gasteiger partial charge on any atom is -0.370 e. The number of pyridine rings is 1. The molecule has 2 saturated carbocycles. The standard InChI is InChI=1S/C15H21N3O/c1-2-16-14-5-3-4-13(17-14)15(19)18(12-8-9-12)10-11-6-7-11/h3-5,11-12H,2,6-10H2,1H3,(H,16,17). The summed E-state index contributed by atoms with van der Waals surface area (Å²) in [6.07, 6.45) is 4.87. The summed E-state index contributed by atoms with van der Waals surface area (Å²) >= 11 is 0. The molecule has 2 aliphatic rings. The second-order valence-electron chi connectivity index (χ2n) is 5.57. The largest absolute Gasteiger partial charge is 0.370 e. The first-order chi connectivity index (χ1) is 9.28. The number of carbonyl (C=O) groups is 1. The highest BCUT2D eigenvalue weighted by Crippen LogP contribution is 2.35. The third-order valence-electron chi connectivity index (χ3n) is 3.73. The van der Waals surface area contributed by atoms with E-state index in [4.69, 9.17) is 0 Å². The van der Waals surface area contributed by atoms with Crippen LogP contribution in [0.1, 0.15) is 43.1 Å². The number of nitrogens with zero attached hydrogens (tertiary/aromatic N) is 2. The van der Waals surface area contributed by atoms with E-state index in [1.54, 1.807) is 0 Å². The van der Waals surface area contributed by atoms with Crippen LogP contribution in [0.3, 0.4) is 0 Å². The Morgan fingerprint density at radius 2 is 2.16 bits per heavy atom. The second-order valence-corrected chi connectivity index (χ2v) is 5.57. The van der Waals surface area contributed by atoms with Gasteiger partial charge in [-0.2, -0.15) is 0 Å². The summed E-state index contributed by atoms with van der Waals surface area (Å²) in [5.41, 5.74) is 0.575. The molecule has 102 valence electrons. The fourth-order valence-electron chi connectivity index (χ4n) is 2.34. The maximum Gasteiger partial charge on any atom is 0.272 e. The van der Waals surface area contributed by atoms with Gasteiger partial charge in [-0.1, -0.05) is 6.07 Å². The Balaban J connectivity index is 1.74. The highest BCUT2D eigenvalue weighted by atomic mass is 16.2. The molecule has 0 saturated heterocycles. The van der Waals surface area contributed by atoms with Crippen LogP contribution in [0.4, 0.5) is 5.82 Å². The van der Waals surface area contributed by atoms with Crippen molar-refractivity contribution in [2.24, 2.45) is 5.92 Å². The van der Waals surface area contributed by atoms with Gasteiger partial charge in [0.15, 0.2) is 0 Å². The number of rotatable bonds is 6. The van der Waals surface area contributed by atoms with Crippen molar-refractivity contribution in [2.75, 3.05) is 18.4 Å². The van der Waals surface area contributed by atoms with Crippen LogP contribution in [0.5, 0.6) is 0 Å². The lowest BCUT2D eigenvalue weighted by molar-refractivity contribution is 0.0729. The van der Waals surface area contributed by atoms with Crippen LogP contribution in [0.15, 0.2) is 18.2 Å². The topological polar surface area (TPSA) is 45.2 Å². The zero-order valence-corrected chi connectivity index (χ0v) is 11.4. The van der Waals surface area contributed by atoms with Crippen LogP contribution in [0.2, 0.25) is 0 Å². The molecule has 2 aliphatic carbocycles. The summed E-state index contributed by atoms with van der Waals surface area (Å²) < 4.78 is 0. The highest BCUT2D eigenvalue weighted by molar-refractivity contribution is 5.93. The first kappa shape index (κ1) is 12.5. The lowest BCUT2D eigenvalue weighted by atomic mass is 10.2. The molecular formula is C15H21N3O. The lowest BCUT2D eigenvalue weighted by Gasteiger charge is -2.22. The van der Waals surface area contributed by atoms with E-state index in [9.17, 15) is 4.79 Å². The van der Waals surface area contributed by atoms with Gasteiger partial charge in [0.1, 0.15) is 11.5 Å². The average Bonchev–Trinajstić information content (AvgIpc) is 3.28. The van der Waals surface area contributed by atoms with Gasteiger partial charge in [0.05, 0.1) is 0 Å². The van der Waals surface area contributed by atoms with Crippen molar-refractivity contribution >= 4 is 11.7 Å². The van der Waals surface area contributed by atoms with Crippen molar-refractivity contribution in [2.45, 2.75) is 38.6 Å². The molecule has 3 rings (SSSR count). The van der Waals surface area contributed by atoms with Crippen LogP contribution in [0, 0.1) is 5.92 Å². The molecule has 0 bridgehead atoms. The Bertz CT molecular complexity index is 466. The quantitative estimate of drug-likeness (QED) is 0.854. The smallest absolute Gasteiger partial charge is 0.272 e. The molecule has 1 N–H and O–H groups in total. The molecule has 19 heavy (non-hydrogen) atoms. The molecule has 1 amide bonds. The maximum atomic E-state index is 12.6. The summed E-state index contributed by atoms with van der Waals surface area (Å²) in [6.45, 7) is 3.77. The van der Waals surface area contributed by atoms with Gasteiger partial charge in [-0.3, -0.25) is 4.79 Å². The predicted molar refractivity (Wildman–Crippen MR) is 75.2 cm³/mol. The highest BCUT2D eigenvalue weighted by Gasteiger charge is 2.37. The molecule has 0 radical (unpaired) electrons. The molecule has 2 fully saturated rings. The van der Waals surface area contributed by atoms with Gasteiger partial charge < -0.3 is 10.2 Å². The van der Waals surface area contributed by atoms with Crippen LogP contribution in [-0.4, -0.2) is 34.9 Å². The van der Waals surface area contributed by atoms with E-state index in [1.807, 2.05) is 25.1 Å². The number of nitrogens with one attached hydrogen (secondary N) is 1. The van der Waals surface area contributed by atoms with Crippen LogP contribution < -0.4 is 5.32 Å². The Morgan fingerprint density at radius 1 is 1.37 bits per heavy atom. The van der Waals surface area contributed by atoms with Gasteiger partial charge >= 0.3 is 0 Å². The molecule has 1 aromatic heterocycles. The first-order valence-corrected chi connectivity index (χ1v) is 7.30. The van der Waals surface area contributed by atoms with E-state index in [-0.39, 0.29) is 5.91 Å². The van der Waals surface area contributed by atoms with E-state index in [0.717, 1.165) is 37.7 Å². The summed E-state index contributed by atoms with van der Waals surface area (Å²) in [7, 11) is 0. The third kappa shape index (κ3) is 3.06. The minimum atomic E-state index is 0.106. The summed E-state index contributed by atoms with van der Waals surface area (Å²) in [4.78, 5) is 19.1. The van der Waals surface area contributed by atoms with E-state index in [1.165, 1.54) is 12.8 Å². The molecule has 4 heteroatoms. The molecule has 0 spiro atoms. The van der Waals surface area contributed by atoms with Gasteiger partial charge in [-0.05, 0) is 50.7 Å². The molecular weight excluding hydrogens is 238 g/mol. The summed E-state index contributed by atoms with van der Waals surface area (Å²) in [5.74, 6) is 1.63. The van der Waals surface area contributed by atoms with Crippen molar-refractivity contribution in [3.8, 4) is 0 Å². The Labute approximate surface area is 114 Å². The number of anilines is 1. The fourth-order valence-corrected chi connectivity index (χ4v) is 2.34. The zero-order chi connectivity index (χ0) is 13.2. The second kappa shape index (κ2) is 5.19. The molecule has 0 aliphatic heterocycles. The molecule has 1 heterocycles. The number of amides is 1. The van der Waals surface area contributed by atoms with Crippen LogP contribution in [-0.2, 0) is 0 Å². The summed E-state index contributed by atoms with van der Waals surface area (Å²) in [6, 6.07) is 6.10. The SMILES string of the molecule is CCNc1cccc(C(=O)N(CC2CC2)C2CC2)n1. The Kier molecular flexibility index (Phi) is 3.40. The molecule has 1 aromatic rings. The molecule has 0 unspecified atom stereocenters. The number of aromatic nitrogens is 1. The monoisotopic (exact) mass is 259 g/mol. The van der Waals surface area contributed by atoms with E-state index in [0.29, 0.717) is 11.7 Å². The van der Waals surface area contributed by atoms with Crippen molar-refractivity contribution < 1.29 is 4.79 Å². The van der Waals surface area contributed by atoms with Gasteiger partial charge in [0.25, 0.3) is 5.91 Å². The fraction of sp³-hybridized carbons (Fsp3) is 0.600. The number of carbonyl (C=O) groups excluding carboxylic acids is 1. The Hall–Kier alpha value is -1.58. The van der Waals surface area contributed by atoms with Crippen molar-refractivity contribution in [1.29, 1.82) is 0 Å². The van der Waals surface area contributed by atoms with Gasteiger partial charge in [-0.15, -0.1) is 0 Å². The molecule has 0 atom stereocenters. The van der Waals surface area contributed by atoms with E-state index < -0.39 is 0 Å². The lowest BCUT2D eigenvalue weighted by Crippen LogP contribution is -2.35. The van der Waals surface area contributed by atoms with Crippen molar-refractivity contribution in [3.63, 3.8) is 0 Å². The first-order valence-electron chi connectivity index (χ1n) is 7.30. The van der Waals surface area contributed by atoms with Gasteiger partial charge in [-0.25, -0.2) is 4.98 Å². The minimum absolute atomic E-state index is 0.106. The zero-order valence-electron chi connectivity index (χ0n) is 11.4. The Morgan fingerprint density at radius 3 is 2.79 bits per heavy atom. The molecule has 0 aromatic carbocycles. The van der Waals surface area contributed by atoms with E-state index >= 15 is 0 Å². The third-order valence-corrected chi connectivity index (χ3v) is 3.73. The van der Waals surface area contributed by atoms with Gasteiger partial charge in [0.2, 0.25) is 0 Å². The summed E-state index contributed by atoms with van der Waals surface area (Å²) in [5, 5.41) is 3.16. The van der Waals surface area contributed by atoms with Gasteiger partial charge in [0, 0.05) is 19.1 Å². The van der Waals surface area contributed by atoms with Crippen molar-refractivity contribution in [3.05, 3.63) is 23.9 Å². The average molecular weight is 259 g/mol. The normalized spacial score (nSPS) is 18.2. The predicted octanol–water partition coefficient (Wildman–Crippen LogP) is 2.53. The van der Waals surface area contributed by atoms with Crippen LogP contribution in [0.25, 0.3) is 0 Å². The van der Waals surface area contributed by atoms with E-state index in [2.05, 4.69) is 15.2 Å². The van der Waals surface area contributed by atoms with Crippen LogP contribution >= 0.6 is 0 Å². The number of hydrogen-bond donors (Lipinski definition) is 1. The molecule has 4 nitrogen and oxygen atoms in total. The van der Waals surface area contributed by atoms with Crippen molar-refractivity contribution in [1.82, 2.24) is 9.88 Å². The number of hydrogen-bond acceptors (Lipinski definition) is 3.